The van der Waals surface area contributed by atoms with E-state index in [2.05, 4.69) is 29.9 Å². The molecular weight excluding hydrogens is 234 g/mol. The van der Waals surface area contributed by atoms with Crippen LogP contribution in [0.2, 0.25) is 0 Å². The fraction of sp³-hybridized carbons (Fsp3) is 0.812. The number of anilines is 1. The van der Waals surface area contributed by atoms with Gasteiger partial charge in [-0.3, -0.25) is 0 Å². The quantitative estimate of drug-likeness (QED) is 0.871. The van der Waals surface area contributed by atoms with E-state index in [0.717, 1.165) is 11.6 Å². The standard InChI is InChI=1S/C16H27N3/c1-13-12-19(14-8-4-5-9-14)15(17-13)18-16(2)10-6-3-7-11-16/h12,14H,3-11H2,1-2H3,(H,17,18). The van der Waals surface area contributed by atoms with Crippen LogP contribution in [0.25, 0.3) is 0 Å². The van der Waals surface area contributed by atoms with Gasteiger partial charge in [0.05, 0.1) is 5.69 Å². The molecule has 0 amide bonds. The number of aryl methyl sites for hydroxylation is 1. The molecule has 0 radical (unpaired) electrons. The summed E-state index contributed by atoms with van der Waals surface area (Å²) in [5.74, 6) is 1.12. The molecule has 0 spiro atoms. The Hall–Kier alpha value is -0.990. The molecule has 3 nitrogen and oxygen atoms in total. The summed E-state index contributed by atoms with van der Waals surface area (Å²) in [6.45, 7) is 4.48. The zero-order valence-electron chi connectivity index (χ0n) is 12.4. The second kappa shape index (κ2) is 5.18. The lowest BCUT2D eigenvalue weighted by atomic mass is 9.83. The molecule has 0 aromatic carbocycles. The molecule has 3 heteroatoms. The van der Waals surface area contributed by atoms with Crippen LogP contribution >= 0.6 is 0 Å². The second-order valence-corrected chi connectivity index (χ2v) is 6.80. The molecule has 2 saturated carbocycles. The summed E-state index contributed by atoms with van der Waals surface area (Å²) in [6, 6.07) is 0.677. The van der Waals surface area contributed by atoms with Gasteiger partial charge in [0.25, 0.3) is 0 Å². The van der Waals surface area contributed by atoms with Gasteiger partial charge in [-0.2, -0.15) is 0 Å². The molecule has 0 aliphatic heterocycles. The van der Waals surface area contributed by atoms with Crippen molar-refractivity contribution in [3.63, 3.8) is 0 Å². The van der Waals surface area contributed by atoms with Crippen LogP contribution in [0.1, 0.15) is 76.4 Å². The number of nitrogens with one attached hydrogen (secondary N) is 1. The van der Waals surface area contributed by atoms with Crippen LogP contribution in [-0.4, -0.2) is 15.1 Å². The number of hydrogen-bond acceptors (Lipinski definition) is 2. The molecule has 1 N–H and O–H groups in total. The highest BCUT2D eigenvalue weighted by Gasteiger charge is 2.29. The molecule has 19 heavy (non-hydrogen) atoms. The normalized spacial score (nSPS) is 23.7. The molecule has 1 aromatic rings. The average Bonchev–Trinajstić information content (AvgIpc) is 2.99. The molecular formula is C16H27N3. The molecule has 2 aliphatic rings. The third kappa shape index (κ3) is 2.80. The maximum Gasteiger partial charge on any atom is 0.203 e. The van der Waals surface area contributed by atoms with Crippen LogP contribution in [0, 0.1) is 6.92 Å². The van der Waals surface area contributed by atoms with Gasteiger partial charge in [0.2, 0.25) is 5.95 Å². The van der Waals surface area contributed by atoms with Gasteiger partial charge >= 0.3 is 0 Å². The number of rotatable bonds is 3. The zero-order chi connectivity index (χ0) is 13.3. The van der Waals surface area contributed by atoms with Gasteiger partial charge in [0, 0.05) is 17.8 Å². The Morgan fingerprint density at radius 3 is 2.53 bits per heavy atom. The van der Waals surface area contributed by atoms with Gasteiger partial charge in [-0.1, -0.05) is 32.1 Å². The van der Waals surface area contributed by atoms with Gasteiger partial charge in [0.15, 0.2) is 0 Å². The Morgan fingerprint density at radius 1 is 1.16 bits per heavy atom. The largest absolute Gasteiger partial charge is 0.350 e. The maximum absolute atomic E-state index is 4.75. The third-order valence-corrected chi connectivity index (χ3v) is 4.94. The minimum atomic E-state index is 0.256. The lowest BCUT2D eigenvalue weighted by Gasteiger charge is -2.35. The Kier molecular flexibility index (Phi) is 3.55. The van der Waals surface area contributed by atoms with E-state index in [4.69, 9.17) is 4.98 Å². The van der Waals surface area contributed by atoms with Crippen molar-refractivity contribution in [2.75, 3.05) is 5.32 Å². The lowest BCUT2D eigenvalue weighted by Crippen LogP contribution is -2.38. The molecule has 0 bridgehead atoms. The number of hydrogen-bond donors (Lipinski definition) is 1. The maximum atomic E-state index is 4.75. The topological polar surface area (TPSA) is 29.9 Å². The predicted octanol–water partition coefficient (Wildman–Crippen LogP) is 4.44. The molecule has 106 valence electrons. The van der Waals surface area contributed by atoms with E-state index in [1.165, 1.54) is 57.8 Å². The van der Waals surface area contributed by atoms with E-state index in [-0.39, 0.29) is 5.54 Å². The molecule has 1 heterocycles. The first-order chi connectivity index (χ1) is 9.16. The van der Waals surface area contributed by atoms with E-state index < -0.39 is 0 Å². The Labute approximate surface area is 116 Å². The first kappa shape index (κ1) is 13.0. The number of imidazole rings is 1. The van der Waals surface area contributed by atoms with Crippen LogP contribution < -0.4 is 5.32 Å². The van der Waals surface area contributed by atoms with Crippen molar-refractivity contribution in [1.82, 2.24) is 9.55 Å². The van der Waals surface area contributed by atoms with E-state index >= 15 is 0 Å². The number of nitrogens with zero attached hydrogens (tertiary/aromatic N) is 2. The van der Waals surface area contributed by atoms with E-state index in [1.54, 1.807) is 0 Å². The number of aromatic nitrogens is 2. The summed E-state index contributed by atoms with van der Waals surface area (Å²) >= 11 is 0. The van der Waals surface area contributed by atoms with Gasteiger partial charge in [-0.25, -0.2) is 4.98 Å². The lowest BCUT2D eigenvalue weighted by molar-refractivity contribution is 0.344. The Bertz CT molecular complexity index is 423. The van der Waals surface area contributed by atoms with Gasteiger partial charge in [-0.05, 0) is 39.5 Å². The van der Waals surface area contributed by atoms with Crippen LogP contribution in [0.5, 0.6) is 0 Å². The Balaban J connectivity index is 1.79. The SMILES string of the molecule is Cc1cn(C2CCCC2)c(NC2(C)CCCCC2)n1. The highest BCUT2D eigenvalue weighted by atomic mass is 15.2. The van der Waals surface area contributed by atoms with Crippen molar-refractivity contribution in [1.29, 1.82) is 0 Å². The average molecular weight is 261 g/mol. The minimum Gasteiger partial charge on any atom is -0.350 e. The van der Waals surface area contributed by atoms with Gasteiger partial charge in [0.1, 0.15) is 0 Å². The van der Waals surface area contributed by atoms with E-state index in [9.17, 15) is 0 Å². The van der Waals surface area contributed by atoms with Crippen LogP contribution in [0.3, 0.4) is 0 Å². The zero-order valence-corrected chi connectivity index (χ0v) is 12.4. The molecule has 2 aliphatic carbocycles. The van der Waals surface area contributed by atoms with Crippen molar-refractivity contribution in [2.24, 2.45) is 0 Å². The molecule has 1 aromatic heterocycles. The summed E-state index contributed by atoms with van der Waals surface area (Å²) in [5.41, 5.74) is 1.40. The van der Waals surface area contributed by atoms with Crippen molar-refractivity contribution in [3.05, 3.63) is 11.9 Å². The monoisotopic (exact) mass is 261 g/mol. The van der Waals surface area contributed by atoms with Gasteiger partial charge < -0.3 is 9.88 Å². The first-order valence-corrected chi connectivity index (χ1v) is 8.00. The fourth-order valence-corrected chi connectivity index (χ4v) is 3.80. The molecule has 0 saturated heterocycles. The van der Waals surface area contributed by atoms with Crippen molar-refractivity contribution in [2.45, 2.75) is 83.2 Å². The van der Waals surface area contributed by atoms with E-state index in [0.29, 0.717) is 6.04 Å². The first-order valence-electron chi connectivity index (χ1n) is 8.00. The van der Waals surface area contributed by atoms with E-state index in [1.807, 2.05) is 0 Å². The Morgan fingerprint density at radius 2 is 1.84 bits per heavy atom. The second-order valence-electron chi connectivity index (χ2n) is 6.80. The smallest absolute Gasteiger partial charge is 0.203 e. The van der Waals surface area contributed by atoms with Gasteiger partial charge in [-0.15, -0.1) is 0 Å². The highest BCUT2D eigenvalue weighted by Crippen LogP contribution is 2.35. The highest BCUT2D eigenvalue weighted by molar-refractivity contribution is 5.33. The van der Waals surface area contributed by atoms with Crippen LogP contribution in [0.15, 0.2) is 6.20 Å². The fourth-order valence-electron chi connectivity index (χ4n) is 3.80. The molecule has 0 unspecified atom stereocenters. The summed E-state index contributed by atoms with van der Waals surface area (Å²) in [6.07, 6.45) is 14.3. The van der Waals surface area contributed by atoms with Crippen molar-refractivity contribution >= 4 is 5.95 Å². The van der Waals surface area contributed by atoms with Crippen LogP contribution in [-0.2, 0) is 0 Å². The minimum absolute atomic E-state index is 0.256. The van der Waals surface area contributed by atoms with Crippen molar-refractivity contribution in [3.8, 4) is 0 Å². The summed E-state index contributed by atoms with van der Waals surface area (Å²) in [4.78, 5) is 4.75. The molecule has 3 rings (SSSR count). The van der Waals surface area contributed by atoms with Crippen molar-refractivity contribution < 1.29 is 0 Å². The van der Waals surface area contributed by atoms with Crippen LogP contribution in [0.4, 0.5) is 5.95 Å². The molecule has 0 atom stereocenters. The predicted molar refractivity (Wildman–Crippen MR) is 79.6 cm³/mol. The molecule has 2 fully saturated rings. The summed E-state index contributed by atoms with van der Waals surface area (Å²) in [7, 11) is 0. The summed E-state index contributed by atoms with van der Waals surface area (Å²) < 4.78 is 2.42. The summed E-state index contributed by atoms with van der Waals surface area (Å²) in [5, 5.41) is 3.78. The third-order valence-electron chi connectivity index (χ3n) is 4.94.